The van der Waals surface area contributed by atoms with Crippen molar-refractivity contribution in [3.05, 3.63) is 24.0 Å². The Hall–Kier alpha value is -1.42. The van der Waals surface area contributed by atoms with Gasteiger partial charge in [0.05, 0.1) is 6.54 Å². The molecule has 1 saturated carbocycles. The lowest BCUT2D eigenvalue weighted by atomic mass is 10.3. The molecule has 1 aliphatic carbocycles. The number of pyridine rings is 1. The van der Waals surface area contributed by atoms with Crippen molar-refractivity contribution in [1.82, 2.24) is 10.3 Å². The third kappa shape index (κ3) is 3.32. The number of nitrogens with zero attached hydrogens (tertiary/aromatic N) is 1. The molecule has 1 aromatic heterocycles. The summed E-state index contributed by atoms with van der Waals surface area (Å²) in [7, 11) is 0. The van der Waals surface area contributed by atoms with Crippen molar-refractivity contribution in [2.24, 2.45) is 0 Å². The van der Waals surface area contributed by atoms with E-state index in [4.69, 9.17) is 0 Å². The van der Waals surface area contributed by atoms with Crippen molar-refractivity contribution in [1.29, 1.82) is 0 Å². The first-order valence-electron chi connectivity index (χ1n) is 5.20. The van der Waals surface area contributed by atoms with Gasteiger partial charge in [0.1, 0.15) is 0 Å². The highest BCUT2D eigenvalue weighted by atomic mass is 16.1. The molecule has 0 bridgehead atoms. The fourth-order valence-corrected chi connectivity index (χ4v) is 1.35. The zero-order valence-electron chi connectivity index (χ0n) is 8.79. The lowest BCUT2D eigenvalue weighted by Gasteiger charge is -2.05. The summed E-state index contributed by atoms with van der Waals surface area (Å²) in [5.74, 6) is 0.00694. The van der Waals surface area contributed by atoms with E-state index in [1.165, 1.54) is 12.8 Å². The Balaban J connectivity index is 1.81. The van der Waals surface area contributed by atoms with E-state index in [9.17, 15) is 4.79 Å². The number of nitrogens with one attached hydrogen (secondary N) is 2. The molecule has 0 aliphatic heterocycles. The number of carbonyl (C=O) groups is 1. The van der Waals surface area contributed by atoms with E-state index in [0.29, 0.717) is 12.6 Å². The maximum absolute atomic E-state index is 11.5. The van der Waals surface area contributed by atoms with E-state index >= 15 is 0 Å². The van der Waals surface area contributed by atoms with Gasteiger partial charge in [-0.15, -0.1) is 0 Å². The van der Waals surface area contributed by atoms with Gasteiger partial charge in [-0.3, -0.25) is 9.78 Å². The van der Waals surface area contributed by atoms with Gasteiger partial charge in [0.15, 0.2) is 0 Å². The van der Waals surface area contributed by atoms with Crippen LogP contribution in [0, 0.1) is 6.92 Å². The molecule has 80 valence electrons. The number of carbonyl (C=O) groups excluding carboxylic acids is 1. The Morgan fingerprint density at radius 2 is 2.40 bits per heavy atom. The summed E-state index contributed by atoms with van der Waals surface area (Å²) in [6.45, 7) is 2.30. The minimum absolute atomic E-state index is 0.00694. The van der Waals surface area contributed by atoms with E-state index in [2.05, 4.69) is 15.6 Å². The fourth-order valence-electron chi connectivity index (χ4n) is 1.35. The maximum atomic E-state index is 11.5. The fraction of sp³-hybridized carbons (Fsp3) is 0.455. The molecule has 0 spiro atoms. The first kappa shape index (κ1) is 10.1. The van der Waals surface area contributed by atoms with Crippen LogP contribution < -0.4 is 10.6 Å². The highest BCUT2D eigenvalue weighted by Crippen LogP contribution is 2.18. The number of amides is 1. The van der Waals surface area contributed by atoms with Crippen LogP contribution in [0.1, 0.15) is 18.5 Å². The third-order valence-electron chi connectivity index (χ3n) is 2.31. The van der Waals surface area contributed by atoms with Gasteiger partial charge < -0.3 is 10.6 Å². The SMILES string of the molecule is Cc1cc(NC(=O)CNC2CC2)ccn1. The standard InChI is InChI=1S/C11H15N3O/c1-8-6-10(4-5-12-8)14-11(15)7-13-9-2-3-9/h4-6,9,13H,2-3,7H2,1H3,(H,12,14,15). The van der Waals surface area contributed by atoms with Gasteiger partial charge in [0.2, 0.25) is 5.91 Å². The first-order chi connectivity index (χ1) is 7.24. The van der Waals surface area contributed by atoms with Gasteiger partial charge in [-0.05, 0) is 31.9 Å². The quantitative estimate of drug-likeness (QED) is 0.773. The van der Waals surface area contributed by atoms with Gasteiger partial charge in [-0.2, -0.15) is 0 Å². The lowest BCUT2D eigenvalue weighted by Crippen LogP contribution is -2.29. The van der Waals surface area contributed by atoms with Gasteiger partial charge in [0.25, 0.3) is 0 Å². The van der Waals surface area contributed by atoms with Crippen molar-refractivity contribution in [3.63, 3.8) is 0 Å². The minimum atomic E-state index is 0.00694. The average molecular weight is 205 g/mol. The van der Waals surface area contributed by atoms with Crippen molar-refractivity contribution in [3.8, 4) is 0 Å². The summed E-state index contributed by atoms with van der Waals surface area (Å²) in [5.41, 5.74) is 1.72. The lowest BCUT2D eigenvalue weighted by molar-refractivity contribution is -0.115. The predicted molar refractivity (Wildman–Crippen MR) is 58.6 cm³/mol. The van der Waals surface area contributed by atoms with Crippen LogP contribution in [-0.4, -0.2) is 23.5 Å². The van der Waals surface area contributed by atoms with E-state index < -0.39 is 0 Å². The molecule has 1 aromatic rings. The maximum Gasteiger partial charge on any atom is 0.238 e. The normalized spacial score (nSPS) is 15.0. The monoisotopic (exact) mass is 205 g/mol. The largest absolute Gasteiger partial charge is 0.325 e. The zero-order valence-corrected chi connectivity index (χ0v) is 8.79. The smallest absolute Gasteiger partial charge is 0.238 e. The minimum Gasteiger partial charge on any atom is -0.325 e. The van der Waals surface area contributed by atoms with E-state index in [-0.39, 0.29) is 5.91 Å². The Bertz CT molecular complexity index is 361. The molecule has 0 unspecified atom stereocenters. The van der Waals surface area contributed by atoms with Gasteiger partial charge in [-0.25, -0.2) is 0 Å². The molecular weight excluding hydrogens is 190 g/mol. The molecule has 0 atom stereocenters. The van der Waals surface area contributed by atoms with Crippen LogP contribution in [0.3, 0.4) is 0 Å². The molecule has 1 fully saturated rings. The van der Waals surface area contributed by atoms with Crippen LogP contribution in [0.15, 0.2) is 18.3 Å². The molecule has 4 nitrogen and oxygen atoms in total. The summed E-state index contributed by atoms with van der Waals surface area (Å²) in [6, 6.07) is 4.21. The van der Waals surface area contributed by atoms with E-state index in [1.807, 2.05) is 13.0 Å². The summed E-state index contributed by atoms with van der Waals surface area (Å²) in [4.78, 5) is 15.5. The Labute approximate surface area is 89.1 Å². The number of hydrogen-bond donors (Lipinski definition) is 2. The number of anilines is 1. The average Bonchev–Trinajstić information content (AvgIpc) is 2.98. The summed E-state index contributed by atoms with van der Waals surface area (Å²) >= 11 is 0. The van der Waals surface area contributed by atoms with Crippen LogP contribution in [0.5, 0.6) is 0 Å². The van der Waals surface area contributed by atoms with Crippen molar-refractivity contribution in [2.45, 2.75) is 25.8 Å². The second-order valence-electron chi connectivity index (χ2n) is 3.89. The molecule has 0 radical (unpaired) electrons. The zero-order chi connectivity index (χ0) is 10.7. The second-order valence-corrected chi connectivity index (χ2v) is 3.89. The van der Waals surface area contributed by atoms with Gasteiger partial charge >= 0.3 is 0 Å². The van der Waals surface area contributed by atoms with Crippen LogP contribution >= 0.6 is 0 Å². The van der Waals surface area contributed by atoms with Crippen LogP contribution in [0.25, 0.3) is 0 Å². The van der Waals surface area contributed by atoms with Crippen LogP contribution in [-0.2, 0) is 4.79 Å². The van der Waals surface area contributed by atoms with E-state index in [1.54, 1.807) is 12.3 Å². The topological polar surface area (TPSA) is 54.0 Å². The van der Waals surface area contributed by atoms with Crippen molar-refractivity contribution >= 4 is 11.6 Å². The summed E-state index contributed by atoms with van der Waals surface area (Å²) < 4.78 is 0. The van der Waals surface area contributed by atoms with E-state index in [0.717, 1.165) is 11.4 Å². The molecule has 4 heteroatoms. The van der Waals surface area contributed by atoms with Crippen molar-refractivity contribution < 1.29 is 4.79 Å². The molecule has 2 rings (SSSR count). The van der Waals surface area contributed by atoms with Gasteiger partial charge in [-0.1, -0.05) is 0 Å². The Morgan fingerprint density at radius 3 is 3.07 bits per heavy atom. The van der Waals surface area contributed by atoms with Crippen LogP contribution in [0.2, 0.25) is 0 Å². The predicted octanol–water partition coefficient (Wildman–Crippen LogP) is 1.08. The van der Waals surface area contributed by atoms with Crippen LogP contribution in [0.4, 0.5) is 5.69 Å². The molecule has 2 N–H and O–H groups in total. The number of hydrogen-bond acceptors (Lipinski definition) is 3. The summed E-state index contributed by atoms with van der Waals surface area (Å²) in [6.07, 6.45) is 4.09. The summed E-state index contributed by atoms with van der Waals surface area (Å²) in [5, 5.41) is 5.99. The third-order valence-corrected chi connectivity index (χ3v) is 2.31. The number of aryl methyl sites for hydroxylation is 1. The molecule has 1 amide bonds. The molecule has 1 aliphatic rings. The first-order valence-corrected chi connectivity index (χ1v) is 5.20. The van der Waals surface area contributed by atoms with Gasteiger partial charge in [0, 0.05) is 23.6 Å². The Kier molecular flexibility index (Phi) is 2.97. The molecule has 15 heavy (non-hydrogen) atoms. The molecular formula is C11H15N3O. The highest BCUT2D eigenvalue weighted by Gasteiger charge is 2.20. The number of rotatable bonds is 4. The molecule has 0 saturated heterocycles. The highest BCUT2D eigenvalue weighted by molar-refractivity contribution is 5.92. The molecule has 1 heterocycles. The molecule has 0 aromatic carbocycles. The number of aromatic nitrogens is 1. The Morgan fingerprint density at radius 1 is 1.60 bits per heavy atom. The second kappa shape index (κ2) is 4.40. The van der Waals surface area contributed by atoms with Crippen molar-refractivity contribution in [2.75, 3.05) is 11.9 Å².